The average molecular weight is 255 g/mol. The van der Waals surface area contributed by atoms with Gasteiger partial charge in [-0.05, 0) is 43.1 Å². The molecular weight excluding hydrogens is 238 g/mol. The van der Waals surface area contributed by atoms with E-state index in [9.17, 15) is 4.79 Å². The van der Waals surface area contributed by atoms with E-state index in [2.05, 4.69) is 10.2 Å². The van der Waals surface area contributed by atoms with Crippen LogP contribution in [-0.2, 0) is 0 Å². The third-order valence-electron chi connectivity index (χ3n) is 4.44. The lowest BCUT2D eigenvalue weighted by atomic mass is 10.00. The quantitative estimate of drug-likeness (QED) is 0.880. The number of carbonyl (C=O) groups is 1. The highest BCUT2D eigenvalue weighted by Gasteiger charge is 2.38. The summed E-state index contributed by atoms with van der Waals surface area (Å²) in [5, 5.41) is 3.19. The van der Waals surface area contributed by atoms with Gasteiger partial charge in [0.05, 0.1) is 5.56 Å². The van der Waals surface area contributed by atoms with E-state index >= 15 is 0 Å². The molecule has 19 heavy (non-hydrogen) atoms. The van der Waals surface area contributed by atoms with Crippen molar-refractivity contribution in [1.82, 2.24) is 14.6 Å². The van der Waals surface area contributed by atoms with E-state index in [4.69, 9.17) is 0 Å². The lowest BCUT2D eigenvalue weighted by Crippen LogP contribution is -2.43. The predicted octanol–water partition coefficient (Wildman–Crippen LogP) is 1.37. The Hall–Kier alpha value is -1.81. The summed E-state index contributed by atoms with van der Waals surface area (Å²) < 4.78 is 1.99. The van der Waals surface area contributed by atoms with Crippen LogP contribution in [0.5, 0.6) is 0 Å². The minimum Gasteiger partial charge on any atom is -0.348 e. The van der Waals surface area contributed by atoms with Gasteiger partial charge in [-0.3, -0.25) is 4.79 Å². The molecule has 3 atom stereocenters. The van der Waals surface area contributed by atoms with Gasteiger partial charge in [0.15, 0.2) is 0 Å². The zero-order valence-corrected chi connectivity index (χ0v) is 10.7. The maximum absolute atomic E-state index is 12.3. The molecule has 4 heterocycles. The van der Waals surface area contributed by atoms with Gasteiger partial charge < -0.3 is 14.6 Å². The second-order valence-corrected chi connectivity index (χ2v) is 5.65. The fourth-order valence-corrected chi connectivity index (χ4v) is 3.37. The van der Waals surface area contributed by atoms with Gasteiger partial charge in [0, 0.05) is 37.0 Å². The molecular formula is C15H17N3O. The molecule has 4 rings (SSSR count). The number of fused-ring (bicyclic) bond motifs is 3. The minimum absolute atomic E-state index is 0.0503. The Kier molecular flexibility index (Phi) is 2.38. The number of hydrogen-bond donors (Lipinski definition) is 1. The highest BCUT2D eigenvalue weighted by Crippen LogP contribution is 2.27. The molecule has 0 saturated carbocycles. The molecule has 2 saturated heterocycles. The Morgan fingerprint density at radius 1 is 1.26 bits per heavy atom. The van der Waals surface area contributed by atoms with Crippen molar-refractivity contribution in [2.24, 2.45) is 5.92 Å². The Labute approximate surface area is 112 Å². The van der Waals surface area contributed by atoms with Crippen LogP contribution < -0.4 is 5.32 Å². The van der Waals surface area contributed by atoms with Crippen LogP contribution in [0.3, 0.4) is 0 Å². The first-order chi connectivity index (χ1) is 9.29. The summed E-state index contributed by atoms with van der Waals surface area (Å²) in [5.74, 6) is 0.702. The summed E-state index contributed by atoms with van der Waals surface area (Å²) in [4.78, 5) is 14.7. The molecule has 4 heteroatoms. The van der Waals surface area contributed by atoms with Crippen LogP contribution in [0.15, 0.2) is 36.7 Å². The molecule has 2 bridgehead atoms. The maximum Gasteiger partial charge on any atom is 0.253 e. The number of pyridine rings is 1. The van der Waals surface area contributed by atoms with E-state index in [1.165, 1.54) is 13.0 Å². The summed E-state index contributed by atoms with van der Waals surface area (Å²) in [6.07, 6.45) is 5.09. The number of nitrogens with one attached hydrogen (secondary N) is 1. The molecule has 2 aliphatic rings. The number of carbonyl (C=O) groups excluding carboxylic acids is 1. The standard InChI is InChI=1S/C15H17N3O/c19-15(16-14-10-17-7-5-11(14)8-17)12-3-4-13-2-1-6-18(13)9-12/h1-4,6,9,11,14H,5,7-8,10H2,(H,16,19)/t11-,14?/m0/s1. The molecule has 0 spiro atoms. The van der Waals surface area contributed by atoms with E-state index in [-0.39, 0.29) is 5.91 Å². The van der Waals surface area contributed by atoms with Crippen LogP contribution in [0, 0.1) is 5.92 Å². The first-order valence-corrected chi connectivity index (χ1v) is 6.89. The van der Waals surface area contributed by atoms with Crippen molar-refractivity contribution in [2.75, 3.05) is 19.6 Å². The fourth-order valence-electron chi connectivity index (χ4n) is 3.37. The topological polar surface area (TPSA) is 36.8 Å². The Balaban J connectivity index is 1.53. The van der Waals surface area contributed by atoms with E-state index in [0.29, 0.717) is 12.0 Å². The monoisotopic (exact) mass is 255 g/mol. The van der Waals surface area contributed by atoms with Crippen LogP contribution in [0.1, 0.15) is 16.8 Å². The Morgan fingerprint density at radius 2 is 2.21 bits per heavy atom. The highest BCUT2D eigenvalue weighted by molar-refractivity contribution is 5.94. The third-order valence-corrected chi connectivity index (χ3v) is 4.44. The van der Waals surface area contributed by atoms with Crippen molar-refractivity contribution >= 4 is 11.4 Å². The summed E-state index contributed by atoms with van der Waals surface area (Å²) in [6.45, 7) is 3.37. The van der Waals surface area contributed by atoms with Gasteiger partial charge in [0.2, 0.25) is 0 Å². The van der Waals surface area contributed by atoms with E-state index < -0.39 is 0 Å². The minimum atomic E-state index is 0.0503. The fraction of sp³-hybridized carbons (Fsp3) is 0.400. The lowest BCUT2D eigenvalue weighted by Gasteiger charge is -2.23. The molecule has 0 radical (unpaired) electrons. The summed E-state index contributed by atoms with van der Waals surface area (Å²) in [5.41, 5.74) is 1.85. The van der Waals surface area contributed by atoms with E-state index in [1.807, 2.05) is 41.1 Å². The van der Waals surface area contributed by atoms with Gasteiger partial charge in [-0.1, -0.05) is 0 Å². The molecule has 4 nitrogen and oxygen atoms in total. The number of hydrogen-bond acceptors (Lipinski definition) is 2. The molecule has 0 aromatic carbocycles. The SMILES string of the molecule is O=C(NC1CN2CC[C@H]1C2)c1ccc2cccn2c1. The number of amides is 1. The second-order valence-electron chi connectivity index (χ2n) is 5.65. The van der Waals surface area contributed by atoms with Crippen molar-refractivity contribution in [3.63, 3.8) is 0 Å². The molecule has 98 valence electrons. The van der Waals surface area contributed by atoms with Crippen molar-refractivity contribution in [3.8, 4) is 0 Å². The molecule has 2 aromatic heterocycles. The van der Waals surface area contributed by atoms with Crippen molar-refractivity contribution in [1.29, 1.82) is 0 Å². The molecule has 2 unspecified atom stereocenters. The molecule has 2 aromatic rings. The first-order valence-electron chi connectivity index (χ1n) is 6.89. The smallest absolute Gasteiger partial charge is 0.253 e. The molecule has 0 aliphatic carbocycles. The third kappa shape index (κ3) is 1.83. The van der Waals surface area contributed by atoms with Crippen LogP contribution in [-0.4, -0.2) is 40.9 Å². The average Bonchev–Trinajstić information content (AvgIpc) is 3.13. The Bertz CT molecular complexity index is 633. The zero-order chi connectivity index (χ0) is 12.8. The van der Waals surface area contributed by atoms with Gasteiger partial charge in [-0.25, -0.2) is 0 Å². The van der Waals surface area contributed by atoms with Crippen LogP contribution >= 0.6 is 0 Å². The molecule has 2 fully saturated rings. The van der Waals surface area contributed by atoms with E-state index in [0.717, 1.165) is 24.2 Å². The van der Waals surface area contributed by atoms with Crippen LogP contribution in [0.4, 0.5) is 0 Å². The molecule has 1 N–H and O–H groups in total. The van der Waals surface area contributed by atoms with Crippen molar-refractivity contribution in [3.05, 3.63) is 42.2 Å². The van der Waals surface area contributed by atoms with Crippen LogP contribution in [0.25, 0.3) is 5.52 Å². The normalized spacial score (nSPS) is 28.9. The highest BCUT2D eigenvalue weighted by atomic mass is 16.1. The summed E-state index contributed by atoms with van der Waals surface area (Å²) in [6, 6.07) is 8.24. The van der Waals surface area contributed by atoms with E-state index in [1.54, 1.807) is 0 Å². The Morgan fingerprint density at radius 3 is 3.00 bits per heavy atom. The van der Waals surface area contributed by atoms with Gasteiger partial charge >= 0.3 is 0 Å². The number of aromatic nitrogens is 1. The largest absolute Gasteiger partial charge is 0.348 e. The maximum atomic E-state index is 12.3. The van der Waals surface area contributed by atoms with Gasteiger partial charge in [-0.2, -0.15) is 0 Å². The lowest BCUT2D eigenvalue weighted by molar-refractivity contribution is 0.0924. The van der Waals surface area contributed by atoms with Crippen molar-refractivity contribution in [2.45, 2.75) is 12.5 Å². The number of rotatable bonds is 2. The van der Waals surface area contributed by atoms with Gasteiger partial charge in [0.25, 0.3) is 5.91 Å². The summed E-state index contributed by atoms with van der Waals surface area (Å²) in [7, 11) is 0. The zero-order valence-electron chi connectivity index (χ0n) is 10.7. The predicted molar refractivity (Wildman–Crippen MR) is 73.2 cm³/mol. The first kappa shape index (κ1) is 11.1. The van der Waals surface area contributed by atoms with Gasteiger partial charge in [0.1, 0.15) is 0 Å². The summed E-state index contributed by atoms with van der Waals surface area (Å²) >= 11 is 0. The van der Waals surface area contributed by atoms with Crippen LogP contribution in [0.2, 0.25) is 0 Å². The molecule has 2 aliphatic heterocycles. The second kappa shape index (κ2) is 4.10. The number of piperidine rings is 1. The van der Waals surface area contributed by atoms with Gasteiger partial charge in [-0.15, -0.1) is 0 Å². The van der Waals surface area contributed by atoms with Crippen molar-refractivity contribution < 1.29 is 4.79 Å². The molecule has 1 amide bonds. The number of nitrogens with zero attached hydrogens (tertiary/aromatic N) is 2.